The minimum absolute atomic E-state index is 0.0282. The van der Waals surface area contributed by atoms with Gasteiger partial charge in [-0.2, -0.15) is 13.2 Å². The summed E-state index contributed by atoms with van der Waals surface area (Å²) in [6.45, 7) is 2.25. The molecule has 0 aromatic heterocycles. The summed E-state index contributed by atoms with van der Waals surface area (Å²) in [7, 11) is -8.26. The molecule has 0 saturated heterocycles. The highest BCUT2D eigenvalue weighted by Gasteiger charge is 2.30. The zero-order valence-electron chi connectivity index (χ0n) is 15.0. The highest BCUT2D eigenvalue weighted by molar-refractivity contribution is 7.92. The minimum Gasteiger partial charge on any atom is -0.280 e. The highest BCUT2D eigenvalue weighted by atomic mass is 32.2. The van der Waals surface area contributed by atoms with Crippen molar-refractivity contribution in [2.24, 2.45) is 0 Å². The Morgan fingerprint density at radius 1 is 0.821 bits per heavy atom. The molecule has 0 saturated carbocycles. The van der Waals surface area contributed by atoms with Gasteiger partial charge in [0.05, 0.1) is 9.79 Å². The van der Waals surface area contributed by atoms with E-state index in [1.165, 1.54) is 16.9 Å². The normalized spacial score (nSPS) is 12.9. The highest BCUT2D eigenvalue weighted by Crippen LogP contribution is 2.21. The van der Waals surface area contributed by atoms with E-state index in [0.29, 0.717) is 0 Å². The number of halogens is 3. The summed E-state index contributed by atoms with van der Waals surface area (Å²) in [5.74, 6) is 0.241. The van der Waals surface area contributed by atoms with Crippen LogP contribution in [-0.4, -0.2) is 29.6 Å². The third-order valence-electron chi connectivity index (χ3n) is 3.74. The Labute approximate surface area is 161 Å². The van der Waals surface area contributed by atoms with Gasteiger partial charge >= 0.3 is 6.18 Å². The second kappa shape index (κ2) is 8.10. The number of rotatable bonds is 7. The zero-order chi connectivity index (χ0) is 21.2. The number of hydrogen-bond acceptors (Lipinski definition) is 4. The van der Waals surface area contributed by atoms with Crippen molar-refractivity contribution in [3.8, 4) is 0 Å². The van der Waals surface area contributed by atoms with E-state index in [4.69, 9.17) is 0 Å². The summed E-state index contributed by atoms with van der Waals surface area (Å²) in [6.07, 6.45) is -4.69. The summed E-state index contributed by atoms with van der Waals surface area (Å²) in [6, 6.07) is 10.6. The molecule has 2 aromatic rings. The molecule has 0 aliphatic heterocycles. The van der Waals surface area contributed by atoms with Crippen LogP contribution in [0.5, 0.6) is 0 Å². The number of alkyl halides is 3. The zero-order valence-corrected chi connectivity index (χ0v) is 16.6. The lowest BCUT2D eigenvalue weighted by molar-refractivity contribution is -0.121. The smallest absolute Gasteiger partial charge is 0.280 e. The number of anilines is 1. The molecule has 2 N–H and O–H groups in total. The van der Waals surface area contributed by atoms with Gasteiger partial charge in [0.15, 0.2) is 0 Å². The standard InChI is InChI=1S/C17H19F3N2O4S2/c1-12(2)13-3-7-16(8-4-13)28(25,26)22-14-5-9-15(10-6-14)27(23,24)21-11-17(18,19)20/h3-10,12,21-22H,11H2,1-2H3. The van der Waals surface area contributed by atoms with E-state index in [1.807, 2.05) is 13.8 Å². The van der Waals surface area contributed by atoms with Gasteiger partial charge in [-0.15, -0.1) is 0 Å². The second-order valence-electron chi connectivity index (χ2n) is 6.29. The fourth-order valence-corrected chi connectivity index (χ4v) is 4.28. The van der Waals surface area contributed by atoms with E-state index in [1.54, 1.807) is 12.1 Å². The molecular formula is C17H19F3N2O4S2. The lowest BCUT2D eigenvalue weighted by Crippen LogP contribution is -2.33. The Kier molecular flexibility index (Phi) is 6.41. The summed E-state index contributed by atoms with van der Waals surface area (Å²) in [5.41, 5.74) is 1.04. The van der Waals surface area contributed by atoms with E-state index in [-0.39, 0.29) is 16.5 Å². The molecule has 0 aliphatic rings. The predicted molar refractivity (Wildman–Crippen MR) is 99.0 cm³/mol. The van der Waals surface area contributed by atoms with Gasteiger partial charge < -0.3 is 0 Å². The summed E-state index contributed by atoms with van der Waals surface area (Å²) < 4.78 is 88.8. The first-order valence-electron chi connectivity index (χ1n) is 8.09. The summed E-state index contributed by atoms with van der Waals surface area (Å²) in [4.78, 5) is -0.388. The van der Waals surface area contributed by atoms with Crippen LogP contribution in [0, 0.1) is 0 Å². The van der Waals surface area contributed by atoms with Crippen LogP contribution in [-0.2, 0) is 20.0 Å². The SMILES string of the molecule is CC(C)c1ccc(S(=O)(=O)Nc2ccc(S(=O)(=O)NCC(F)(F)F)cc2)cc1. The first-order valence-corrected chi connectivity index (χ1v) is 11.1. The average molecular weight is 436 g/mol. The number of hydrogen-bond donors (Lipinski definition) is 2. The molecule has 6 nitrogen and oxygen atoms in total. The Hall–Kier alpha value is -2.11. The third-order valence-corrected chi connectivity index (χ3v) is 6.55. The van der Waals surface area contributed by atoms with E-state index in [9.17, 15) is 30.0 Å². The molecule has 2 aromatic carbocycles. The van der Waals surface area contributed by atoms with E-state index < -0.39 is 37.7 Å². The van der Waals surface area contributed by atoms with Crippen molar-refractivity contribution < 1.29 is 30.0 Å². The number of nitrogens with one attached hydrogen (secondary N) is 2. The molecule has 0 bridgehead atoms. The maximum absolute atomic E-state index is 12.4. The molecule has 28 heavy (non-hydrogen) atoms. The van der Waals surface area contributed by atoms with Crippen LogP contribution in [0.15, 0.2) is 58.3 Å². The first-order chi connectivity index (χ1) is 12.8. The third kappa shape index (κ3) is 5.94. The molecule has 0 heterocycles. The number of sulfonamides is 2. The van der Waals surface area contributed by atoms with Gasteiger partial charge in [0, 0.05) is 5.69 Å². The van der Waals surface area contributed by atoms with E-state index in [2.05, 4.69) is 4.72 Å². The van der Waals surface area contributed by atoms with Gasteiger partial charge in [-0.3, -0.25) is 4.72 Å². The topological polar surface area (TPSA) is 92.3 Å². The molecule has 0 aliphatic carbocycles. The van der Waals surface area contributed by atoms with Gasteiger partial charge in [-0.1, -0.05) is 26.0 Å². The first kappa shape index (κ1) is 22.2. The molecule has 0 fully saturated rings. The molecule has 0 radical (unpaired) electrons. The van der Waals surface area contributed by atoms with Crippen LogP contribution < -0.4 is 9.44 Å². The molecule has 11 heteroatoms. The van der Waals surface area contributed by atoms with Crippen LogP contribution >= 0.6 is 0 Å². The summed E-state index contributed by atoms with van der Waals surface area (Å²) in [5, 5.41) is 0. The maximum Gasteiger partial charge on any atom is 0.402 e. The van der Waals surface area contributed by atoms with E-state index >= 15 is 0 Å². The number of benzene rings is 2. The minimum atomic E-state index is -4.69. The molecule has 0 atom stereocenters. The van der Waals surface area contributed by atoms with Crippen LogP contribution in [0.1, 0.15) is 25.3 Å². The molecule has 154 valence electrons. The van der Waals surface area contributed by atoms with Gasteiger partial charge in [0.25, 0.3) is 10.0 Å². The monoisotopic (exact) mass is 436 g/mol. The fourth-order valence-electron chi connectivity index (χ4n) is 2.21. The predicted octanol–water partition coefficient (Wildman–Crippen LogP) is 3.45. The van der Waals surface area contributed by atoms with Gasteiger partial charge in [-0.25, -0.2) is 21.6 Å². The van der Waals surface area contributed by atoms with Crippen LogP contribution in [0.4, 0.5) is 18.9 Å². The lowest BCUT2D eigenvalue weighted by Gasteiger charge is -2.12. The van der Waals surface area contributed by atoms with Crippen LogP contribution in [0.2, 0.25) is 0 Å². The van der Waals surface area contributed by atoms with Gasteiger partial charge in [0.2, 0.25) is 10.0 Å². The van der Waals surface area contributed by atoms with Gasteiger partial charge in [-0.05, 0) is 47.9 Å². The Morgan fingerprint density at radius 2 is 1.29 bits per heavy atom. The Bertz CT molecular complexity index is 1020. The van der Waals surface area contributed by atoms with Crippen molar-refractivity contribution in [2.45, 2.75) is 35.7 Å². The van der Waals surface area contributed by atoms with Crippen molar-refractivity contribution in [3.05, 3.63) is 54.1 Å². The molecule has 0 amide bonds. The molecule has 0 spiro atoms. The van der Waals surface area contributed by atoms with Gasteiger partial charge in [0.1, 0.15) is 6.54 Å². The van der Waals surface area contributed by atoms with E-state index in [0.717, 1.165) is 29.8 Å². The molecule has 2 rings (SSSR count). The average Bonchev–Trinajstić information content (AvgIpc) is 2.60. The fraction of sp³-hybridized carbons (Fsp3) is 0.294. The summed E-state index contributed by atoms with van der Waals surface area (Å²) >= 11 is 0. The quantitative estimate of drug-likeness (QED) is 0.695. The Balaban J connectivity index is 2.15. The maximum atomic E-state index is 12.4. The van der Waals surface area contributed by atoms with Crippen molar-refractivity contribution in [1.82, 2.24) is 4.72 Å². The van der Waals surface area contributed by atoms with Crippen molar-refractivity contribution >= 4 is 25.7 Å². The van der Waals surface area contributed by atoms with Crippen LogP contribution in [0.3, 0.4) is 0 Å². The lowest BCUT2D eigenvalue weighted by atomic mass is 10.0. The van der Waals surface area contributed by atoms with Crippen LogP contribution in [0.25, 0.3) is 0 Å². The van der Waals surface area contributed by atoms with Crippen molar-refractivity contribution in [3.63, 3.8) is 0 Å². The Morgan fingerprint density at radius 3 is 1.75 bits per heavy atom. The molecule has 0 unspecified atom stereocenters. The molecular weight excluding hydrogens is 417 g/mol. The largest absolute Gasteiger partial charge is 0.402 e. The second-order valence-corrected chi connectivity index (χ2v) is 9.74. The van der Waals surface area contributed by atoms with Crippen molar-refractivity contribution in [1.29, 1.82) is 0 Å². The van der Waals surface area contributed by atoms with Crippen molar-refractivity contribution in [2.75, 3.05) is 11.3 Å².